The molecule has 3 atom stereocenters. The molecular formula is C17H26N6O3. The molecule has 0 aromatic carbocycles. The molecule has 0 bridgehead atoms. The number of carbonyl (C=O) groups excluding carboxylic acids is 3. The molecule has 1 aromatic rings. The number of rotatable bonds is 7. The average Bonchev–Trinajstić information content (AvgIpc) is 3.10. The quantitative estimate of drug-likeness (QED) is 0.681. The second-order valence-corrected chi connectivity index (χ2v) is 7.50. The number of primary amides is 1. The molecule has 2 heterocycles. The molecule has 3 rings (SSSR count). The van der Waals surface area contributed by atoms with Gasteiger partial charge in [-0.3, -0.25) is 14.5 Å². The number of hydrogen-bond donors (Lipinski definition) is 2. The summed E-state index contributed by atoms with van der Waals surface area (Å²) in [4.78, 5) is 36.9. The van der Waals surface area contributed by atoms with Crippen molar-refractivity contribution in [1.82, 2.24) is 25.2 Å². The summed E-state index contributed by atoms with van der Waals surface area (Å²) in [5, 5.41) is 10.4. The first-order valence-corrected chi connectivity index (χ1v) is 9.21. The molecule has 9 heteroatoms. The van der Waals surface area contributed by atoms with E-state index in [1.807, 2.05) is 0 Å². The lowest BCUT2D eigenvalue weighted by Gasteiger charge is -2.27. The molecule has 0 unspecified atom stereocenters. The van der Waals surface area contributed by atoms with Crippen molar-refractivity contribution in [3.63, 3.8) is 0 Å². The van der Waals surface area contributed by atoms with Gasteiger partial charge in [-0.2, -0.15) is 0 Å². The summed E-state index contributed by atoms with van der Waals surface area (Å²) in [7, 11) is 0. The number of aromatic nitrogens is 3. The monoisotopic (exact) mass is 362 g/mol. The number of nitrogens with two attached hydrogens (primary N) is 1. The van der Waals surface area contributed by atoms with Crippen LogP contribution in [0.5, 0.6) is 0 Å². The molecule has 26 heavy (non-hydrogen) atoms. The van der Waals surface area contributed by atoms with E-state index in [1.165, 1.54) is 35.3 Å². The second kappa shape index (κ2) is 7.84. The summed E-state index contributed by atoms with van der Waals surface area (Å²) < 4.78 is 1.32. The fourth-order valence-corrected chi connectivity index (χ4v) is 3.94. The van der Waals surface area contributed by atoms with Crippen LogP contribution in [0.25, 0.3) is 0 Å². The molecule has 2 fully saturated rings. The van der Waals surface area contributed by atoms with Gasteiger partial charge in [0, 0.05) is 19.2 Å². The molecule has 1 saturated carbocycles. The topological polar surface area (TPSA) is 123 Å². The van der Waals surface area contributed by atoms with Gasteiger partial charge in [0.1, 0.15) is 12.6 Å². The molecule has 142 valence electrons. The predicted octanol–water partition coefficient (Wildman–Crippen LogP) is 0.443. The highest BCUT2D eigenvalue weighted by Gasteiger charge is 2.38. The zero-order valence-electron chi connectivity index (χ0n) is 15.1. The molecule has 9 nitrogen and oxygen atoms in total. The van der Waals surface area contributed by atoms with Gasteiger partial charge in [0.15, 0.2) is 0 Å². The fourth-order valence-electron chi connectivity index (χ4n) is 3.94. The van der Waals surface area contributed by atoms with Gasteiger partial charge in [-0.25, -0.2) is 9.48 Å². The van der Waals surface area contributed by atoms with E-state index >= 15 is 0 Å². The third-order valence-electron chi connectivity index (χ3n) is 5.23. The van der Waals surface area contributed by atoms with Gasteiger partial charge >= 0.3 is 6.03 Å². The maximum atomic E-state index is 12.6. The molecule has 2 aliphatic rings. The van der Waals surface area contributed by atoms with Crippen LogP contribution >= 0.6 is 0 Å². The van der Waals surface area contributed by atoms with E-state index < -0.39 is 11.9 Å². The van der Waals surface area contributed by atoms with Gasteiger partial charge in [0.25, 0.3) is 5.91 Å². The highest BCUT2D eigenvalue weighted by molar-refractivity contribution is 6.04. The van der Waals surface area contributed by atoms with Crippen molar-refractivity contribution in [3.8, 4) is 0 Å². The first kappa shape index (κ1) is 18.3. The van der Waals surface area contributed by atoms with E-state index in [9.17, 15) is 14.4 Å². The number of amides is 4. The first-order chi connectivity index (χ1) is 12.4. The number of nitrogens with zero attached hydrogens (tertiary/aromatic N) is 4. The van der Waals surface area contributed by atoms with Gasteiger partial charge in [-0.1, -0.05) is 31.4 Å². The summed E-state index contributed by atoms with van der Waals surface area (Å²) in [6, 6.07) is -0.972. The smallest absolute Gasteiger partial charge is 0.324 e. The Morgan fingerprint density at radius 1 is 1.38 bits per heavy atom. The van der Waals surface area contributed by atoms with E-state index in [0.717, 1.165) is 12.3 Å². The molecule has 3 N–H and O–H groups in total. The van der Waals surface area contributed by atoms with Crippen LogP contribution < -0.4 is 11.1 Å². The van der Waals surface area contributed by atoms with Crippen molar-refractivity contribution < 1.29 is 14.4 Å². The van der Waals surface area contributed by atoms with Crippen molar-refractivity contribution in [1.29, 1.82) is 0 Å². The normalized spacial score (nSPS) is 26.2. The average molecular weight is 362 g/mol. The second-order valence-electron chi connectivity index (χ2n) is 7.50. The van der Waals surface area contributed by atoms with Crippen molar-refractivity contribution in [2.75, 3.05) is 6.54 Å². The maximum Gasteiger partial charge on any atom is 0.324 e. The fraction of sp³-hybridized carbons (Fsp3) is 0.706. The highest BCUT2D eigenvalue weighted by Crippen LogP contribution is 2.31. The number of carbonyl (C=O) groups is 3. The zero-order valence-corrected chi connectivity index (χ0v) is 15.1. The summed E-state index contributed by atoms with van der Waals surface area (Å²) in [5.74, 6) is 0.581. The Morgan fingerprint density at radius 2 is 2.19 bits per heavy atom. The van der Waals surface area contributed by atoms with Crippen LogP contribution in [0.2, 0.25) is 0 Å². The Hall–Kier alpha value is -2.45. The van der Waals surface area contributed by atoms with Crippen LogP contribution in [0, 0.1) is 11.8 Å². The minimum Gasteiger partial charge on any atom is -0.368 e. The highest BCUT2D eigenvalue weighted by atomic mass is 16.2. The molecule has 1 aliphatic heterocycles. The van der Waals surface area contributed by atoms with E-state index in [4.69, 9.17) is 5.73 Å². The summed E-state index contributed by atoms with van der Waals surface area (Å²) >= 11 is 0. The maximum absolute atomic E-state index is 12.6. The van der Waals surface area contributed by atoms with Crippen LogP contribution in [-0.4, -0.2) is 50.3 Å². The molecule has 1 saturated heterocycles. The Morgan fingerprint density at radius 3 is 2.92 bits per heavy atom. The number of nitrogens with one attached hydrogen (secondary N) is 1. The molecule has 4 amide bonds. The van der Waals surface area contributed by atoms with E-state index in [-0.39, 0.29) is 24.9 Å². The Kier molecular flexibility index (Phi) is 5.53. The standard InChI is InChI=1S/C17H26N6O3/c1-11-3-2-4-12(7-11)5-6-23-16(25)14(19-17(23)26)8-13-9-22(21-20-13)10-15(18)24/h9,11-12,14H,2-8,10H2,1H3,(H2,18,24)(H,19,26)/t11-,12-,14-/m1/s1. The number of imide groups is 1. The molecular weight excluding hydrogens is 336 g/mol. The van der Waals surface area contributed by atoms with E-state index in [1.54, 1.807) is 6.20 Å². The summed E-state index contributed by atoms with van der Waals surface area (Å²) in [5.41, 5.74) is 5.65. The van der Waals surface area contributed by atoms with Gasteiger partial charge in [0.2, 0.25) is 5.91 Å². The number of urea groups is 1. The van der Waals surface area contributed by atoms with Crippen molar-refractivity contribution in [3.05, 3.63) is 11.9 Å². The predicted molar refractivity (Wildman–Crippen MR) is 92.7 cm³/mol. The lowest BCUT2D eigenvalue weighted by molar-refractivity contribution is -0.127. The van der Waals surface area contributed by atoms with E-state index in [0.29, 0.717) is 18.2 Å². The Labute approximate surface area is 152 Å². The SMILES string of the molecule is C[C@@H]1CCC[C@H](CCN2C(=O)N[C@H](Cc3cn(CC(N)=O)nn3)C2=O)C1. The third kappa shape index (κ3) is 4.39. The lowest BCUT2D eigenvalue weighted by atomic mass is 9.81. The van der Waals surface area contributed by atoms with Crippen molar-refractivity contribution in [2.24, 2.45) is 17.6 Å². The van der Waals surface area contributed by atoms with Crippen LogP contribution in [-0.2, 0) is 22.6 Å². The van der Waals surface area contributed by atoms with E-state index in [2.05, 4.69) is 22.6 Å². The summed E-state index contributed by atoms with van der Waals surface area (Å²) in [6.07, 6.45) is 7.55. The van der Waals surface area contributed by atoms with Crippen LogP contribution in [0.15, 0.2) is 6.20 Å². The molecule has 0 radical (unpaired) electrons. The van der Waals surface area contributed by atoms with Crippen molar-refractivity contribution >= 4 is 17.8 Å². The minimum atomic E-state index is -0.633. The van der Waals surface area contributed by atoms with Gasteiger partial charge in [0.05, 0.1) is 5.69 Å². The van der Waals surface area contributed by atoms with Gasteiger partial charge in [-0.05, 0) is 24.7 Å². The Balaban J connectivity index is 1.53. The molecule has 0 spiro atoms. The summed E-state index contributed by atoms with van der Waals surface area (Å²) in [6.45, 7) is 2.66. The lowest BCUT2D eigenvalue weighted by Crippen LogP contribution is -2.34. The first-order valence-electron chi connectivity index (χ1n) is 9.21. The molecule has 1 aromatic heterocycles. The Bertz CT molecular complexity index is 688. The third-order valence-corrected chi connectivity index (χ3v) is 5.23. The van der Waals surface area contributed by atoms with Crippen LogP contribution in [0.1, 0.15) is 44.7 Å². The van der Waals surface area contributed by atoms with Crippen LogP contribution in [0.4, 0.5) is 4.79 Å². The van der Waals surface area contributed by atoms with Crippen LogP contribution in [0.3, 0.4) is 0 Å². The largest absolute Gasteiger partial charge is 0.368 e. The molecule has 1 aliphatic carbocycles. The van der Waals surface area contributed by atoms with Crippen molar-refractivity contribution in [2.45, 2.75) is 58.0 Å². The number of hydrogen-bond acceptors (Lipinski definition) is 5. The minimum absolute atomic E-state index is 0.0656. The van der Waals surface area contributed by atoms with Gasteiger partial charge < -0.3 is 11.1 Å². The zero-order chi connectivity index (χ0) is 18.7. The van der Waals surface area contributed by atoms with Gasteiger partial charge in [-0.15, -0.1) is 5.10 Å².